The average Bonchev–Trinajstić information content (AvgIpc) is 3.06. The van der Waals surface area contributed by atoms with Crippen molar-refractivity contribution < 1.29 is 32.8 Å². The Balaban J connectivity index is 1.71. The van der Waals surface area contributed by atoms with E-state index in [1.165, 1.54) is 50.0 Å². The van der Waals surface area contributed by atoms with Crippen LogP contribution in [-0.4, -0.2) is 72.4 Å². The molecule has 2 heterocycles. The maximum atomic E-state index is 13.2. The maximum Gasteiger partial charge on any atom is 0.481 e. The van der Waals surface area contributed by atoms with E-state index in [1.54, 1.807) is 0 Å². The Hall–Kier alpha value is -3.09. The molecule has 10 nitrogen and oxygen atoms in total. The number of benzene rings is 1. The molecule has 2 aromatic rings. The van der Waals surface area contributed by atoms with E-state index in [0.717, 1.165) is 0 Å². The van der Waals surface area contributed by atoms with Gasteiger partial charge >= 0.3 is 7.12 Å². The molecule has 12 heteroatoms. The van der Waals surface area contributed by atoms with Gasteiger partial charge in [0.2, 0.25) is 5.91 Å². The van der Waals surface area contributed by atoms with Gasteiger partial charge in [-0.15, -0.1) is 0 Å². The molecule has 2 unspecified atom stereocenters. The largest absolute Gasteiger partial charge is 0.494 e. The van der Waals surface area contributed by atoms with Crippen LogP contribution in [0.3, 0.4) is 0 Å². The normalized spacial score (nSPS) is 17.8. The molecule has 2 atom stereocenters. The van der Waals surface area contributed by atoms with E-state index in [4.69, 9.17) is 18.8 Å². The van der Waals surface area contributed by atoms with Crippen molar-refractivity contribution >= 4 is 18.9 Å². The number of carbonyl (C=O) groups excluding carboxylic acids is 2. The molecule has 1 aromatic heterocycles. The fourth-order valence-electron chi connectivity index (χ4n) is 3.45. The highest BCUT2D eigenvalue weighted by Crippen LogP contribution is 2.37. The second kappa shape index (κ2) is 11.8. The number of carbonyl (C=O) groups is 2. The summed E-state index contributed by atoms with van der Waals surface area (Å²) >= 11 is 0. The van der Waals surface area contributed by atoms with Gasteiger partial charge in [0.05, 0.1) is 36.6 Å². The monoisotopic (exact) mass is 502 g/mol. The quantitative estimate of drug-likeness (QED) is 0.448. The van der Waals surface area contributed by atoms with E-state index in [1.807, 2.05) is 27.7 Å². The first-order valence-corrected chi connectivity index (χ1v) is 11.6. The zero-order chi connectivity index (χ0) is 26.3. The summed E-state index contributed by atoms with van der Waals surface area (Å²) in [7, 11) is 0.659. The minimum atomic E-state index is -1.01. The second-order valence-electron chi connectivity index (χ2n) is 9.40. The number of hydrogen-bond donors (Lipinski definition) is 2. The third kappa shape index (κ3) is 6.99. The number of aromatic nitrogens is 2. The molecule has 36 heavy (non-hydrogen) atoms. The Morgan fingerprint density at radius 3 is 2.33 bits per heavy atom. The number of rotatable bonds is 11. The molecule has 2 amide bonds. The van der Waals surface area contributed by atoms with E-state index >= 15 is 0 Å². The lowest BCUT2D eigenvalue weighted by Crippen LogP contribution is -2.56. The molecule has 3 rings (SSSR count). The first-order chi connectivity index (χ1) is 17.0. The van der Waals surface area contributed by atoms with Crippen molar-refractivity contribution in [3.8, 4) is 5.75 Å². The van der Waals surface area contributed by atoms with E-state index < -0.39 is 42.1 Å². The molecule has 194 valence electrons. The van der Waals surface area contributed by atoms with Crippen molar-refractivity contribution in [2.24, 2.45) is 0 Å². The van der Waals surface area contributed by atoms with Gasteiger partial charge in [-0.2, -0.15) is 0 Å². The molecule has 1 fully saturated rings. The highest BCUT2D eigenvalue weighted by molar-refractivity contribution is 6.48. The zero-order valence-electron chi connectivity index (χ0n) is 21.1. The molecule has 0 bridgehead atoms. The predicted octanol–water partition coefficient (Wildman–Crippen LogP) is 1.95. The van der Waals surface area contributed by atoms with Crippen LogP contribution in [0.25, 0.3) is 0 Å². The summed E-state index contributed by atoms with van der Waals surface area (Å²) in [6.45, 7) is 7.78. The molecular weight excluding hydrogens is 470 g/mol. The average molecular weight is 502 g/mol. The molecule has 0 radical (unpaired) electrons. The Morgan fingerprint density at radius 2 is 1.75 bits per heavy atom. The van der Waals surface area contributed by atoms with Gasteiger partial charge in [-0.05, 0) is 52.0 Å². The molecule has 0 aliphatic carbocycles. The summed E-state index contributed by atoms with van der Waals surface area (Å²) in [5, 5.41) is 5.53. The minimum Gasteiger partial charge on any atom is -0.494 e. The Morgan fingerprint density at radius 1 is 1.08 bits per heavy atom. The second-order valence-corrected chi connectivity index (χ2v) is 9.40. The number of methoxy groups -OCH3 is 1. The third-order valence-electron chi connectivity index (χ3n) is 6.19. The lowest BCUT2D eigenvalue weighted by atomic mass is 9.76. The van der Waals surface area contributed by atoms with Crippen LogP contribution in [0.1, 0.15) is 44.6 Å². The van der Waals surface area contributed by atoms with Gasteiger partial charge in [-0.3, -0.25) is 14.6 Å². The van der Waals surface area contributed by atoms with E-state index in [2.05, 4.69) is 20.6 Å². The molecule has 0 spiro atoms. The number of amides is 2. The van der Waals surface area contributed by atoms with Crippen LogP contribution in [-0.2, 0) is 18.8 Å². The SMILES string of the molecule is COCC(NC(=O)c1cnccn1)C(=O)NC(CCOc1ccc(F)cc1)B1OC(C)(C)C(C)(C)O1. The van der Waals surface area contributed by atoms with Crippen molar-refractivity contribution in [2.75, 3.05) is 20.3 Å². The van der Waals surface area contributed by atoms with Gasteiger partial charge in [0.1, 0.15) is 23.3 Å². The predicted molar refractivity (Wildman–Crippen MR) is 130 cm³/mol. The van der Waals surface area contributed by atoms with Crippen LogP contribution in [0.4, 0.5) is 4.39 Å². The first-order valence-electron chi connectivity index (χ1n) is 11.6. The van der Waals surface area contributed by atoms with Crippen molar-refractivity contribution in [1.82, 2.24) is 20.6 Å². The van der Waals surface area contributed by atoms with E-state index in [9.17, 15) is 14.0 Å². The summed E-state index contributed by atoms with van der Waals surface area (Å²) in [6.07, 6.45) is 4.45. The van der Waals surface area contributed by atoms with Crippen LogP contribution in [0, 0.1) is 5.82 Å². The van der Waals surface area contributed by atoms with Gasteiger partial charge in [0.15, 0.2) is 0 Å². The Bertz CT molecular complexity index is 1010. The number of nitrogens with one attached hydrogen (secondary N) is 2. The van der Waals surface area contributed by atoms with Crippen LogP contribution in [0.5, 0.6) is 5.75 Å². The smallest absolute Gasteiger partial charge is 0.481 e. The Kier molecular flexibility index (Phi) is 8.99. The fraction of sp³-hybridized carbons (Fsp3) is 0.500. The maximum absolute atomic E-state index is 13.2. The van der Waals surface area contributed by atoms with Crippen molar-refractivity contribution in [3.63, 3.8) is 0 Å². The van der Waals surface area contributed by atoms with Gasteiger partial charge in [-0.1, -0.05) is 0 Å². The first kappa shape index (κ1) is 27.5. The van der Waals surface area contributed by atoms with Crippen LogP contribution < -0.4 is 15.4 Å². The highest BCUT2D eigenvalue weighted by atomic mass is 19.1. The number of nitrogens with zero attached hydrogens (tertiary/aromatic N) is 2. The van der Waals surface area contributed by atoms with Gasteiger partial charge in [-0.25, -0.2) is 9.37 Å². The zero-order valence-corrected chi connectivity index (χ0v) is 21.1. The number of hydrogen-bond acceptors (Lipinski definition) is 8. The molecule has 0 saturated carbocycles. The van der Waals surface area contributed by atoms with E-state index in [-0.39, 0.29) is 24.7 Å². The summed E-state index contributed by atoms with van der Waals surface area (Å²) in [4.78, 5) is 33.6. The fourth-order valence-corrected chi connectivity index (χ4v) is 3.45. The van der Waals surface area contributed by atoms with Gasteiger partial charge < -0.3 is 29.4 Å². The lowest BCUT2D eigenvalue weighted by Gasteiger charge is -2.32. The summed E-state index contributed by atoms with van der Waals surface area (Å²) in [5.41, 5.74) is -1.17. The standard InChI is InChI=1S/C24H32BFN4O6/c1-23(2)24(3,4)36-25(35-23)20(10-13-34-17-8-6-16(26)7-9-17)30-22(32)19(15-33-5)29-21(31)18-14-27-11-12-28-18/h6-9,11-12,14,19-20H,10,13,15H2,1-5H3,(H,29,31)(H,30,32). The van der Waals surface area contributed by atoms with E-state index in [0.29, 0.717) is 12.2 Å². The molecule has 2 N–H and O–H groups in total. The lowest BCUT2D eigenvalue weighted by molar-refractivity contribution is -0.124. The number of halogens is 1. The number of ether oxygens (including phenoxy) is 2. The van der Waals surface area contributed by atoms with Crippen LogP contribution in [0.2, 0.25) is 0 Å². The molecule has 1 aliphatic rings. The summed E-state index contributed by atoms with van der Waals surface area (Å²) in [6, 6.07) is 4.64. The summed E-state index contributed by atoms with van der Waals surface area (Å²) in [5.74, 6) is -1.55. The van der Waals surface area contributed by atoms with Crippen LogP contribution in [0.15, 0.2) is 42.9 Å². The molecule has 1 aliphatic heterocycles. The molecule has 1 saturated heterocycles. The van der Waals surface area contributed by atoms with Crippen molar-refractivity contribution in [1.29, 1.82) is 0 Å². The van der Waals surface area contributed by atoms with Crippen molar-refractivity contribution in [3.05, 3.63) is 54.4 Å². The summed E-state index contributed by atoms with van der Waals surface area (Å²) < 4.78 is 36.4. The molecule has 1 aromatic carbocycles. The third-order valence-corrected chi connectivity index (χ3v) is 6.19. The minimum absolute atomic E-state index is 0.0694. The Labute approximate surface area is 210 Å². The van der Waals surface area contributed by atoms with Crippen molar-refractivity contribution in [2.45, 2.75) is 57.3 Å². The van der Waals surface area contributed by atoms with Gasteiger partial charge in [0, 0.05) is 25.9 Å². The van der Waals surface area contributed by atoms with Crippen LogP contribution >= 0.6 is 0 Å². The molecular formula is C24H32BFN4O6. The topological polar surface area (TPSA) is 121 Å². The van der Waals surface area contributed by atoms with Gasteiger partial charge in [0.25, 0.3) is 5.91 Å². The highest BCUT2D eigenvalue weighted by Gasteiger charge is 2.54.